The Labute approximate surface area is 32.5 Å². The lowest BCUT2D eigenvalue weighted by Crippen LogP contribution is -1.84. The molecule has 0 fully saturated rings. The smallest absolute Gasteiger partial charge is 0.282 e. The van der Waals surface area contributed by atoms with Gasteiger partial charge in [-0.25, -0.2) is 0 Å². The molecule has 0 aliphatic carbocycles. The predicted octanol–water partition coefficient (Wildman–Crippen LogP) is 1.14. The van der Waals surface area contributed by atoms with E-state index in [0.29, 0.717) is 6.55 Å². The fourth-order valence-electron chi connectivity index (χ4n) is 0. The zero-order valence-corrected chi connectivity index (χ0v) is 2.41. The lowest BCUT2D eigenvalue weighted by atomic mass is 10.2. The van der Waals surface area contributed by atoms with E-state index in [1.807, 2.05) is 0 Å². The van der Waals surface area contributed by atoms with Gasteiger partial charge >= 0.3 is 7.27 Å². The molecule has 5 heavy (non-hydrogen) atoms. The van der Waals surface area contributed by atoms with Crippen molar-refractivity contribution >= 4 is 7.27 Å². The van der Waals surface area contributed by atoms with E-state index in [2.05, 4.69) is 0 Å². The van der Waals surface area contributed by atoms with Crippen molar-refractivity contribution in [1.82, 2.24) is 0 Å². The third-order valence-corrected chi connectivity index (χ3v) is 0.126. The van der Waals surface area contributed by atoms with E-state index < -0.39 is 13.2 Å². The monoisotopic (exact) mass is 78.0 g/mol. The quantitative estimate of drug-likeness (QED) is 0.412. The molecule has 0 aromatic carbocycles. The summed E-state index contributed by atoms with van der Waals surface area (Å²) in [5.41, 5.74) is 0. The van der Waals surface area contributed by atoms with Gasteiger partial charge in [0, 0.05) is 0 Å². The average Bonchev–Trinajstić information content (AvgIpc) is 1.65. The molecule has 3 heteroatoms. The molecule has 0 aromatic rings. The molecule has 0 aliphatic heterocycles. The third-order valence-electron chi connectivity index (χ3n) is 0.126. The van der Waals surface area contributed by atoms with E-state index in [4.69, 9.17) is 2.74 Å². The summed E-state index contributed by atoms with van der Waals surface area (Å²) in [7, 11) is -2.79. The Hall–Kier alpha value is -0.335. The third kappa shape index (κ3) is 3.66. The first-order chi connectivity index (χ1) is 3.18. The van der Waals surface area contributed by atoms with Gasteiger partial charge in [0.15, 0.2) is 0 Å². The zero-order chi connectivity index (χ0) is 5.86. The summed E-state index contributed by atoms with van der Waals surface area (Å²) in [6, 6.07) is 0. The Kier molecular flexibility index (Phi) is 0.757. The van der Waals surface area contributed by atoms with Gasteiger partial charge in [0.1, 0.15) is 0 Å². The first-order valence-corrected chi connectivity index (χ1v) is 1.01. The molecule has 0 aromatic heterocycles. The van der Waals surface area contributed by atoms with Crippen LogP contribution >= 0.6 is 0 Å². The highest BCUT2D eigenvalue weighted by Gasteiger charge is 2.00. The molecule has 0 nitrogen and oxygen atoms in total. The summed E-state index contributed by atoms with van der Waals surface area (Å²) < 4.78 is 34.4. The maximum Gasteiger partial charge on any atom is 0.564 e. The molecule has 0 N–H and O–H groups in total. The van der Waals surface area contributed by atoms with Gasteiger partial charge in [0.2, 0.25) is 0 Å². The normalized spacial score (nSPS) is 16.8. The molecule has 0 heterocycles. The minimum Gasteiger partial charge on any atom is -0.282 e. The van der Waals surface area contributed by atoms with Crippen LogP contribution in [-0.2, 0) is 0 Å². The number of halogens is 2. The standard InChI is InChI=1S/C2H3BF2/c1-2-3(4)5/h2H,1H2/i1D,2D,3+0. The maximum absolute atomic E-state index is 11.1. The van der Waals surface area contributed by atoms with Crippen LogP contribution < -0.4 is 0 Å². The molecule has 0 unspecified atom stereocenters. The number of hydrogen-bond acceptors (Lipinski definition) is 0. The van der Waals surface area contributed by atoms with Gasteiger partial charge in [0.25, 0.3) is 0 Å². The van der Waals surface area contributed by atoms with Gasteiger partial charge in [0.05, 0.1) is 2.74 Å². The van der Waals surface area contributed by atoms with Gasteiger partial charge in [-0.15, -0.1) is 6.55 Å². The van der Waals surface area contributed by atoms with Gasteiger partial charge in [-0.2, -0.15) is 0 Å². The highest BCUT2D eigenvalue weighted by Crippen LogP contribution is 1.81. The molecular formula is C2H3BF2. The largest absolute Gasteiger partial charge is 0.564 e. The van der Waals surface area contributed by atoms with E-state index >= 15 is 0 Å². The maximum atomic E-state index is 11.1. The Morgan fingerprint density at radius 3 is 2.80 bits per heavy atom. The van der Waals surface area contributed by atoms with E-state index in [0.717, 1.165) is 0 Å². The lowest BCUT2D eigenvalue weighted by molar-refractivity contribution is 0.683. The second-order valence-corrected chi connectivity index (χ2v) is 0.467. The van der Waals surface area contributed by atoms with E-state index in [1.54, 1.807) is 0 Å². The highest BCUT2D eigenvalue weighted by atomic mass is 19.2. The molecule has 0 bridgehead atoms. The van der Waals surface area contributed by atoms with Crippen LogP contribution in [0, 0.1) is 0 Å². The van der Waals surface area contributed by atoms with E-state index in [9.17, 15) is 8.63 Å². The SMILES string of the molecule is [2H]C=C([2H])[11B](F)F. The molecule has 0 rings (SSSR count). The molecule has 0 atom stereocenters. The molecule has 0 radical (unpaired) electrons. The Morgan fingerprint density at radius 1 is 2.20 bits per heavy atom. The van der Waals surface area contributed by atoms with Crippen molar-refractivity contribution in [2.45, 2.75) is 0 Å². The van der Waals surface area contributed by atoms with Crippen molar-refractivity contribution in [2.24, 2.45) is 0 Å². The van der Waals surface area contributed by atoms with Gasteiger partial charge in [-0.05, 0) is 0 Å². The zero-order valence-electron chi connectivity index (χ0n) is 4.41. The molecule has 28 valence electrons. The molecule has 0 aliphatic rings. The average molecular weight is 78.1 g/mol. The molecule has 0 spiro atoms. The summed E-state index contributed by atoms with van der Waals surface area (Å²) in [4.78, 5) is 0. The highest BCUT2D eigenvalue weighted by molar-refractivity contribution is 6.48. The van der Waals surface area contributed by atoms with Crippen LogP contribution in [0.5, 0.6) is 0 Å². The fraction of sp³-hybridized carbons (Fsp3) is 0. The molecule has 0 saturated heterocycles. The van der Waals surface area contributed by atoms with Gasteiger partial charge < -0.3 is 0 Å². The molecule has 0 amide bonds. The first-order valence-electron chi connectivity index (χ1n) is 2.09. The second-order valence-electron chi connectivity index (χ2n) is 0.467. The Balaban J connectivity index is 3.56. The van der Waals surface area contributed by atoms with Crippen LogP contribution in [0.2, 0.25) is 0 Å². The van der Waals surface area contributed by atoms with Crippen molar-refractivity contribution < 1.29 is 11.4 Å². The molecule has 0 saturated carbocycles. The van der Waals surface area contributed by atoms with Crippen LogP contribution in [-0.4, -0.2) is 7.27 Å². The topological polar surface area (TPSA) is 0 Å². The summed E-state index contributed by atoms with van der Waals surface area (Å²) in [6.45, 7) is 0.324. The van der Waals surface area contributed by atoms with Crippen LogP contribution in [0.3, 0.4) is 0 Å². The minimum atomic E-state index is -2.79. The van der Waals surface area contributed by atoms with Crippen LogP contribution in [0.4, 0.5) is 8.63 Å². The summed E-state index contributed by atoms with van der Waals surface area (Å²) >= 11 is 0. The fourth-order valence-corrected chi connectivity index (χ4v) is 0. The second kappa shape index (κ2) is 1.94. The van der Waals surface area contributed by atoms with Gasteiger partial charge in [-0.3, -0.25) is 8.63 Å². The van der Waals surface area contributed by atoms with Crippen molar-refractivity contribution in [1.29, 1.82) is 0 Å². The van der Waals surface area contributed by atoms with Crippen molar-refractivity contribution in [3.63, 3.8) is 0 Å². The van der Waals surface area contributed by atoms with Crippen molar-refractivity contribution in [2.75, 3.05) is 0 Å². The minimum absolute atomic E-state index is 0.324. The van der Waals surface area contributed by atoms with Crippen LogP contribution in [0.15, 0.2) is 12.5 Å². The number of rotatable bonds is 1. The van der Waals surface area contributed by atoms with Crippen molar-refractivity contribution in [3.8, 4) is 0 Å². The van der Waals surface area contributed by atoms with Crippen molar-refractivity contribution in [3.05, 3.63) is 12.5 Å². The Morgan fingerprint density at radius 2 is 2.80 bits per heavy atom. The first kappa shape index (κ1) is 1.95. The Bertz CT molecular complexity index is 81.8. The molecular weight excluding hydrogens is 73.0 g/mol. The summed E-state index contributed by atoms with van der Waals surface area (Å²) in [5.74, 6) is -0.944. The van der Waals surface area contributed by atoms with Crippen LogP contribution in [0.25, 0.3) is 0 Å². The van der Waals surface area contributed by atoms with Crippen LogP contribution in [0.1, 0.15) is 2.74 Å². The predicted molar refractivity (Wildman–Crippen MR) is 18.2 cm³/mol. The summed E-state index contributed by atoms with van der Waals surface area (Å²) in [6.07, 6.45) is 0. The number of hydrogen-bond donors (Lipinski definition) is 0. The van der Waals surface area contributed by atoms with Gasteiger partial charge in [-0.1, -0.05) is 5.95 Å². The lowest BCUT2D eigenvalue weighted by Gasteiger charge is -1.66. The van der Waals surface area contributed by atoms with E-state index in [1.165, 1.54) is 0 Å². The summed E-state index contributed by atoms with van der Waals surface area (Å²) in [5, 5.41) is 0. The van der Waals surface area contributed by atoms with E-state index in [-0.39, 0.29) is 0 Å².